The first-order chi connectivity index (χ1) is 10.7. The van der Waals surface area contributed by atoms with Gasteiger partial charge in [-0.05, 0) is 31.0 Å². The topological polar surface area (TPSA) is 68.9 Å². The molecule has 0 aliphatic heterocycles. The minimum atomic E-state index is 0. The van der Waals surface area contributed by atoms with Crippen molar-refractivity contribution in [3.8, 4) is 11.5 Å². The Labute approximate surface area is 157 Å². The van der Waals surface area contributed by atoms with Gasteiger partial charge in [0.15, 0.2) is 17.5 Å². The Bertz CT molecular complexity index is 467. The van der Waals surface area contributed by atoms with Crippen molar-refractivity contribution in [3.05, 3.63) is 23.8 Å². The number of unbranched alkanes of at least 4 members (excludes halogenated alkanes) is 3. The number of halogens is 1. The number of guanidine groups is 1. The summed E-state index contributed by atoms with van der Waals surface area (Å²) in [5, 5.41) is 3.15. The summed E-state index contributed by atoms with van der Waals surface area (Å²) in [5.74, 6) is 1.96. The molecule has 6 heteroatoms. The Morgan fingerprint density at radius 1 is 1.17 bits per heavy atom. The molecule has 0 amide bonds. The minimum Gasteiger partial charge on any atom is -0.493 e. The quantitative estimate of drug-likeness (QED) is 0.255. The molecule has 23 heavy (non-hydrogen) atoms. The van der Waals surface area contributed by atoms with Crippen LogP contribution in [0.25, 0.3) is 0 Å². The summed E-state index contributed by atoms with van der Waals surface area (Å²) in [5.41, 5.74) is 6.91. The van der Waals surface area contributed by atoms with E-state index in [0.29, 0.717) is 19.1 Å². The van der Waals surface area contributed by atoms with Crippen LogP contribution >= 0.6 is 24.0 Å². The molecule has 0 fully saturated rings. The maximum absolute atomic E-state index is 5.87. The highest BCUT2D eigenvalue weighted by molar-refractivity contribution is 14.0. The zero-order valence-electron chi connectivity index (χ0n) is 14.4. The number of benzene rings is 1. The van der Waals surface area contributed by atoms with Crippen LogP contribution in [0.15, 0.2) is 23.2 Å². The lowest BCUT2D eigenvalue weighted by molar-refractivity contribution is 0.310. The number of aliphatic imine (C=N–C) groups is 1. The van der Waals surface area contributed by atoms with E-state index in [1.54, 1.807) is 7.11 Å². The molecule has 0 heterocycles. The van der Waals surface area contributed by atoms with Crippen LogP contribution in [-0.2, 0) is 6.54 Å². The van der Waals surface area contributed by atoms with Crippen LogP contribution in [0.4, 0.5) is 0 Å². The molecule has 0 atom stereocenters. The molecular formula is C17H30IN3O2. The summed E-state index contributed by atoms with van der Waals surface area (Å²) in [6, 6.07) is 5.81. The first-order valence-electron chi connectivity index (χ1n) is 8.04. The number of nitrogens with two attached hydrogens (primary N) is 1. The van der Waals surface area contributed by atoms with E-state index in [0.717, 1.165) is 30.0 Å². The van der Waals surface area contributed by atoms with Crippen LogP contribution in [0.1, 0.15) is 45.1 Å². The molecule has 132 valence electrons. The number of nitrogens with one attached hydrogen (secondary N) is 1. The normalized spacial score (nSPS) is 10.8. The summed E-state index contributed by atoms with van der Waals surface area (Å²) in [6.07, 6.45) is 4.86. The van der Waals surface area contributed by atoms with Gasteiger partial charge >= 0.3 is 0 Å². The maximum atomic E-state index is 5.87. The molecule has 0 radical (unpaired) electrons. The van der Waals surface area contributed by atoms with Crippen molar-refractivity contribution < 1.29 is 9.47 Å². The van der Waals surface area contributed by atoms with Crippen LogP contribution in [0.3, 0.4) is 0 Å². The Hall–Kier alpha value is -1.18. The largest absolute Gasteiger partial charge is 0.493 e. The first kappa shape index (κ1) is 21.8. The molecule has 0 aromatic heterocycles. The zero-order valence-corrected chi connectivity index (χ0v) is 16.8. The fraction of sp³-hybridized carbons (Fsp3) is 0.588. The van der Waals surface area contributed by atoms with Gasteiger partial charge in [-0.2, -0.15) is 0 Å². The summed E-state index contributed by atoms with van der Waals surface area (Å²) < 4.78 is 10.8. The summed E-state index contributed by atoms with van der Waals surface area (Å²) in [7, 11) is 1.64. The van der Waals surface area contributed by atoms with Crippen LogP contribution in [0.2, 0.25) is 0 Å². The average molecular weight is 435 g/mol. The Balaban J connectivity index is 0.00000484. The van der Waals surface area contributed by atoms with Gasteiger partial charge in [-0.25, -0.2) is 4.99 Å². The molecule has 0 aliphatic rings. The van der Waals surface area contributed by atoms with E-state index in [9.17, 15) is 0 Å². The van der Waals surface area contributed by atoms with Gasteiger partial charge in [0.1, 0.15) is 0 Å². The van der Waals surface area contributed by atoms with Crippen molar-refractivity contribution in [2.75, 3.05) is 20.3 Å². The fourth-order valence-corrected chi connectivity index (χ4v) is 2.09. The number of hydrogen-bond acceptors (Lipinski definition) is 3. The van der Waals surface area contributed by atoms with Gasteiger partial charge < -0.3 is 20.5 Å². The molecule has 0 unspecified atom stereocenters. The SMILES string of the molecule is CCCCCCNC(N)=NCc1ccc(OC)c(OCC)c1.I. The molecule has 0 saturated heterocycles. The highest BCUT2D eigenvalue weighted by Crippen LogP contribution is 2.28. The fourth-order valence-electron chi connectivity index (χ4n) is 2.09. The van der Waals surface area contributed by atoms with Gasteiger partial charge in [-0.15, -0.1) is 24.0 Å². The van der Waals surface area contributed by atoms with Crippen molar-refractivity contribution in [3.63, 3.8) is 0 Å². The number of hydrogen-bond donors (Lipinski definition) is 2. The van der Waals surface area contributed by atoms with E-state index < -0.39 is 0 Å². The number of nitrogens with zero attached hydrogens (tertiary/aromatic N) is 1. The second-order valence-corrected chi connectivity index (χ2v) is 5.11. The molecule has 0 aliphatic carbocycles. The van der Waals surface area contributed by atoms with Gasteiger partial charge in [-0.1, -0.05) is 32.3 Å². The van der Waals surface area contributed by atoms with Crippen molar-refractivity contribution in [2.24, 2.45) is 10.7 Å². The van der Waals surface area contributed by atoms with Gasteiger partial charge in [0.25, 0.3) is 0 Å². The van der Waals surface area contributed by atoms with Gasteiger partial charge in [0.05, 0.1) is 20.3 Å². The molecule has 1 aromatic rings. The Morgan fingerprint density at radius 2 is 1.96 bits per heavy atom. The lowest BCUT2D eigenvalue weighted by atomic mass is 10.2. The third-order valence-corrected chi connectivity index (χ3v) is 3.30. The lowest BCUT2D eigenvalue weighted by Gasteiger charge is -2.10. The second kappa shape index (κ2) is 13.3. The smallest absolute Gasteiger partial charge is 0.188 e. The Kier molecular flexibility index (Phi) is 12.6. The van der Waals surface area contributed by atoms with Crippen LogP contribution in [0.5, 0.6) is 11.5 Å². The van der Waals surface area contributed by atoms with Crippen molar-refractivity contribution in [2.45, 2.75) is 46.1 Å². The predicted molar refractivity (Wildman–Crippen MR) is 107 cm³/mol. The summed E-state index contributed by atoms with van der Waals surface area (Å²) in [6.45, 7) is 6.16. The zero-order chi connectivity index (χ0) is 16.2. The van der Waals surface area contributed by atoms with Crippen LogP contribution < -0.4 is 20.5 Å². The third-order valence-electron chi connectivity index (χ3n) is 3.30. The molecular weight excluding hydrogens is 405 g/mol. The number of rotatable bonds is 10. The Morgan fingerprint density at radius 3 is 2.61 bits per heavy atom. The van der Waals surface area contributed by atoms with E-state index in [2.05, 4.69) is 17.2 Å². The second-order valence-electron chi connectivity index (χ2n) is 5.11. The monoisotopic (exact) mass is 435 g/mol. The van der Waals surface area contributed by atoms with E-state index in [1.165, 1.54) is 19.3 Å². The molecule has 0 spiro atoms. The molecule has 3 N–H and O–H groups in total. The minimum absolute atomic E-state index is 0. The number of methoxy groups -OCH3 is 1. The van der Waals surface area contributed by atoms with Crippen LogP contribution in [0, 0.1) is 0 Å². The van der Waals surface area contributed by atoms with Crippen LogP contribution in [-0.4, -0.2) is 26.2 Å². The van der Waals surface area contributed by atoms with E-state index in [4.69, 9.17) is 15.2 Å². The van der Waals surface area contributed by atoms with Gasteiger partial charge in [-0.3, -0.25) is 0 Å². The molecule has 1 rings (SSSR count). The van der Waals surface area contributed by atoms with Crippen molar-refractivity contribution in [1.29, 1.82) is 0 Å². The average Bonchev–Trinajstić information content (AvgIpc) is 2.53. The molecule has 5 nitrogen and oxygen atoms in total. The van der Waals surface area contributed by atoms with Crippen molar-refractivity contribution >= 4 is 29.9 Å². The highest BCUT2D eigenvalue weighted by atomic mass is 127. The summed E-state index contributed by atoms with van der Waals surface area (Å²) in [4.78, 5) is 4.36. The van der Waals surface area contributed by atoms with Gasteiger partial charge in [0, 0.05) is 6.54 Å². The molecule has 1 aromatic carbocycles. The number of ether oxygens (including phenoxy) is 2. The highest BCUT2D eigenvalue weighted by Gasteiger charge is 2.05. The molecule has 0 bridgehead atoms. The lowest BCUT2D eigenvalue weighted by Crippen LogP contribution is -2.32. The molecule has 0 saturated carbocycles. The van der Waals surface area contributed by atoms with Crippen molar-refractivity contribution in [1.82, 2.24) is 5.32 Å². The van der Waals surface area contributed by atoms with E-state index in [-0.39, 0.29) is 24.0 Å². The predicted octanol–water partition coefficient (Wildman–Crippen LogP) is 3.70. The van der Waals surface area contributed by atoms with Gasteiger partial charge in [0.2, 0.25) is 0 Å². The summed E-state index contributed by atoms with van der Waals surface area (Å²) >= 11 is 0. The first-order valence-corrected chi connectivity index (χ1v) is 8.04. The van der Waals surface area contributed by atoms with E-state index >= 15 is 0 Å². The van der Waals surface area contributed by atoms with E-state index in [1.807, 2.05) is 25.1 Å². The maximum Gasteiger partial charge on any atom is 0.188 e. The standard InChI is InChI=1S/C17H29N3O2.HI/c1-4-6-7-8-11-19-17(18)20-13-14-9-10-15(21-3)16(12-14)22-5-2;/h9-10,12H,4-8,11,13H2,1-3H3,(H3,18,19,20);1H. The third kappa shape index (κ3) is 8.88.